The van der Waals surface area contributed by atoms with Crippen LogP contribution in [0.5, 0.6) is 0 Å². The molecule has 2 aliphatic rings. The maximum absolute atomic E-state index is 9.07. The third-order valence-corrected chi connectivity index (χ3v) is 3.48. The van der Waals surface area contributed by atoms with Crippen LogP contribution in [-0.4, -0.2) is 54.0 Å². The average molecular weight is 214 g/mol. The van der Waals surface area contributed by atoms with E-state index in [4.69, 9.17) is 15.6 Å². The SMILES string of the molecule is CC(N)(CO)CCN1CC2CCC(C1)O2. The highest BCUT2D eigenvalue weighted by Crippen LogP contribution is 2.26. The first-order chi connectivity index (χ1) is 7.09. The molecular weight excluding hydrogens is 192 g/mol. The Morgan fingerprint density at radius 2 is 2.00 bits per heavy atom. The molecule has 2 heterocycles. The topological polar surface area (TPSA) is 58.7 Å². The van der Waals surface area contributed by atoms with E-state index in [2.05, 4.69) is 4.90 Å². The second-order valence-corrected chi connectivity index (χ2v) is 5.28. The first-order valence-electron chi connectivity index (χ1n) is 5.87. The zero-order valence-electron chi connectivity index (χ0n) is 9.48. The van der Waals surface area contributed by atoms with Crippen LogP contribution in [0, 0.1) is 0 Å². The number of aliphatic hydroxyl groups is 1. The van der Waals surface area contributed by atoms with Gasteiger partial charge in [0.1, 0.15) is 0 Å². The lowest BCUT2D eigenvalue weighted by Gasteiger charge is -2.34. The molecular formula is C11H22N2O2. The van der Waals surface area contributed by atoms with Crippen LogP contribution < -0.4 is 5.73 Å². The van der Waals surface area contributed by atoms with Gasteiger partial charge in [0.05, 0.1) is 18.8 Å². The number of likely N-dealkylation sites (tertiary alicyclic amines) is 1. The van der Waals surface area contributed by atoms with Crippen molar-refractivity contribution in [2.75, 3.05) is 26.2 Å². The fourth-order valence-electron chi connectivity index (χ4n) is 2.37. The molecule has 2 rings (SSSR count). The minimum Gasteiger partial charge on any atom is -0.394 e. The molecule has 0 aromatic heterocycles. The van der Waals surface area contributed by atoms with Crippen LogP contribution in [0.4, 0.5) is 0 Å². The lowest BCUT2D eigenvalue weighted by atomic mass is 10.0. The second kappa shape index (κ2) is 4.37. The Balaban J connectivity index is 1.76. The standard InChI is InChI=1S/C11H22N2O2/c1-11(12,8-14)4-5-13-6-9-2-3-10(7-13)15-9/h9-10,14H,2-8,12H2,1H3. The van der Waals surface area contributed by atoms with Crippen LogP contribution in [-0.2, 0) is 4.74 Å². The summed E-state index contributed by atoms with van der Waals surface area (Å²) in [6.45, 7) is 5.02. The van der Waals surface area contributed by atoms with Gasteiger partial charge in [-0.05, 0) is 26.2 Å². The van der Waals surface area contributed by atoms with Gasteiger partial charge in [-0.1, -0.05) is 0 Å². The number of fused-ring (bicyclic) bond motifs is 2. The van der Waals surface area contributed by atoms with Gasteiger partial charge in [0.15, 0.2) is 0 Å². The zero-order valence-corrected chi connectivity index (χ0v) is 9.48. The van der Waals surface area contributed by atoms with Crippen molar-refractivity contribution in [1.29, 1.82) is 0 Å². The molecule has 2 fully saturated rings. The molecule has 15 heavy (non-hydrogen) atoms. The number of hydrogen-bond acceptors (Lipinski definition) is 4. The van der Waals surface area contributed by atoms with Gasteiger partial charge in [0.25, 0.3) is 0 Å². The Morgan fingerprint density at radius 3 is 2.53 bits per heavy atom. The van der Waals surface area contributed by atoms with Gasteiger partial charge in [-0.2, -0.15) is 0 Å². The molecule has 2 bridgehead atoms. The van der Waals surface area contributed by atoms with Crippen LogP contribution in [0.25, 0.3) is 0 Å². The second-order valence-electron chi connectivity index (χ2n) is 5.28. The fourth-order valence-corrected chi connectivity index (χ4v) is 2.37. The molecule has 0 radical (unpaired) electrons. The van der Waals surface area contributed by atoms with E-state index in [1.165, 1.54) is 12.8 Å². The van der Waals surface area contributed by atoms with E-state index in [0.29, 0.717) is 12.2 Å². The molecule has 3 N–H and O–H groups in total. The van der Waals surface area contributed by atoms with E-state index in [0.717, 1.165) is 26.1 Å². The summed E-state index contributed by atoms with van der Waals surface area (Å²) in [6.07, 6.45) is 4.16. The first kappa shape index (κ1) is 11.3. The summed E-state index contributed by atoms with van der Waals surface area (Å²) in [4.78, 5) is 2.42. The molecule has 2 aliphatic heterocycles. The third kappa shape index (κ3) is 2.91. The van der Waals surface area contributed by atoms with Crippen LogP contribution in [0.1, 0.15) is 26.2 Å². The molecule has 0 amide bonds. The fraction of sp³-hybridized carbons (Fsp3) is 1.00. The quantitative estimate of drug-likeness (QED) is 0.689. The number of ether oxygens (including phenoxy) is 1. The largest absolute Gasteiger partial charge is 0.394 e. The van der Waals surface area contributed by atoms with Gasteiger partial charge in [-0.25, -0.2) is 0 Å². The summed E-state index contributed by atoms with van der Waals surface area (Å²) in [5, 5.41) is 9.07. The van der Waals surface area contributed by atoms with E-state index in [-0.39, 0.29) is 6.61 Å². The van der Waals surface area contributed by atoms with Gasteiger partial charge in [-0.3, -0.25) is 4.90 Å². The maximum atomic E-state index is 9.07. The highest BCUT2D eigenvalue weighted by Gasteiger charge is 2.33. The van der Waals surface area contributed by atoms with E-state index < -0.39 is 5.54 Å². The molecule has 0 aliphatic carbocycles. The number of nitrogens with zero attached hydrogens (tertiary/aromatic N) is 1. The van der Waals surface area contributed by atoms with Crippen LogP contribution in [0.15, 0.2) is 0 Å². The van der Waals surface area contributed by atoms with Crippen molar-refractivity contribution < 1.29 is 9.84 Å². The summed E-state index contributed by atoms with van der Waals surface area (Å²) in [6, 6.07) is 0. The predicted octanol–water partition coefficient (Wildman–Crippen LogP) is -0.0506. The van der Waals surface area contributed by atoms with E-state index >= 15 is 0 Å². The molecule has 3 atom stereocenters. The minimum atomic E-state index is -0.433. The van der Waals surface area contributed by atoms with E-state index in [9.17, 15) is 0 Å². The molecule has 0 saturated carbocycles. The van der Waals surface area contributed by atoms with Crippen molar-refractivity contribution in [3.63, 3.8) is 0 Å². The lowest BCUT2D eigenvalue weighted by molar-refractivity contribution is -0.0403. The van der Waals surface area contributed by atoms with Crippen molar-refractivity contribution in [2.24, 2.45) is 5.73 Å². The predicted molar refractivity (Wildman–Crippen MR) is 58.6 cm³/mol. The molecule has 0 aromatic carbocycles. The van der Waals surface area contributed by atoms with Crippen LogP contribution in [0.3, 0.4) is 0 Å². The Kier molecular flexibility index (Phi) is 3.30. The molecule has 2 saturated heterocycles. The summed E-state index contributed by atoms with van der Waals surface area (Å²) in [5.74, 6) is 0. The number of aliphatic hydroxyl groups excluding tert-OH is 1. The molecule has 0 aromatic rings. The van der Waals surface area contributed by atoms with Crippen molar-refractivity contribution in [2.45, 2.75) is 43.9 Å². The number of hydrogen-bond donors (Lipinski definition) is 2. The monoisotopic (exact) mass is 214 g/mol. The number of nitrogens with two attached hydrogens (primary N) is 1. The Hall–Kier alpha value is -0.160. The van der Waals surface area contributed by atoms with Gasteiger partial charge in [-0.15, -0.1) is 0 Å². The molecule has 3 unspecified atom stereocenters. The Bertz CT molecular complexity index is 209. The molecule has 88 valence electrons. The van der Waals surface area contributed by atoms with Gasteiger partial charge < -0.3 is 15.6 Å². The smallest absolute Gasteiger partial charge is 0.0707 e. The van der Waals surface area contributed by atoms with Gasteiger partial charge >= 0.3 is 0 Å². The summed E-state index contributed by atoms with van der Waals surface area (Å²) in [7, 11) is 0. The summed E-state index contributed by atoms with van der Waals surface area (Å²) >= 11 is 0. The van der Waals surface area contributed by atoms with Crippen molar-refractivity contribution in [3.8, 4) is 0 Å². The number of morpholine rings is 1. The highest BCUT2D eigenvalue weighted by molar-refractivity contribution is 4.86. The van der Waals surface area contributed by atoms with E-state index in [1.807, 2.05) is 6.92 Å². The van der Waals surface area contributed by atoms with Crippen molar-refractivity contribution in [1.82, 2.24) is 4.90 Å². The highest BCUT2D eigenvalue weighted by atomic mass is 16.5. The van der Waals surface area contributed by atoms with Crippen LogP contribution >= 0.6 is 0 Å². The van der Waals surface area contributed by atoms with Crippen LogP contribution in [0.2, 0.25) is 0 Å². The Morgan fingerprint density at radius 1 is 1.40 bits per heavy atom. The minimum absolute atomic E-state index is 0.0597. The number of rotatable bonds is 4. The third-order valence-electron chi connectivity index (χ3n) is 3.48. The summed E-state index contributed by atoms with van der Waals surface area (Å²) in [5.41, 5.74) is 5.48. The molecule has 4 nitrogen and oxygen atoms in total. The van der Waals surface area contributed by atoms with E-state index in [1.54, 1.807) is 0 Å². The lowest BCUT2D eigenvalue weighted by Crippen LogP contribution is -2.47. The first-order valence-corrected chi connectivity index (χ1v) is 5.87. The van der Waals surface area contributed by atoms with Crippen molar-refractivity contribution >= 4 is 0 Å². The molecule has 0 spiro atoms. The van der Waals surface area contributed by atoms with Crippen molar-refractivity contribution in [3.05, 3.63) is 0 Å². The van der Waals surface area contributed by atoms with Gasteiger partial charge in [0.2, 0.25) is 0 Å². The molecule has 4 heteroatoms. The average Bonchev–Trinajstić information content (AvgIpc) is 2.55. The van der Waals surface area contributed by atoms with Gasteiger partial charge in [0, 0.05) is 25.2 Å². The normalized spacial score (nSPS) is 35.4. The summed E-state index contributed by atoms with van der Waals surface area (Å²) < 4.78 is 5.76. The Labute approximate surface area is 91.4 Å². The zero-order chi connectivity index (χ0) is 10.9. The maximum Gasteiger partial charge on any atom is 0.0707 e.